The standard InChI is InChI=1S/C11H10N2O4/c12-11(17)7-2-1-3-8(6-7)13-9(14)4-5-10(15)16/h1-6H,(H2,12,17)(H,13,14)(H,15,16)/p-1/b5-4+. The van der Waals surface area contributed by atoms with Gasteiger partial charge in [0, 0.05) is 17.3 Å². The minimum Gasteiger partial charge on any atom is -0.545 e. The number of primary amides is 1. The minimum atomic E-state index is -1.47. The molecule has 6 heteroatoms. The van der Waals surface area contributed by atoms with Gasteiger partial charge in [-0.1, -0.05) is 6.07 Å². The first-order chi connectivity index (χ1) is 7.99. The van der Waals surface area contributed by atoms with Crippen molar-refractivity contribution in [3.05, 3.63) is 42.0 Å². The molecule has 0 aliphatic heterocycles. The molecule has 1 aromatic rings. The molecule has 0 unspecified atom stereocenters. The van der Waals surface area contributed by atoms with Crippen LogP contribution in [-0.2, 0) is 9.59 Å². The summed E-state index contributed by atoms with van der Waals surface area (Å²) in [6, 6.07) is 5.96. The summed E-state index contributed by atoms with van der Waals surface area (Å²) in [5.41, 5.74) is 5.64. The normalized spacial score (nSPS) is 10.1. The summed E-state index contributed by atoms with van der Waals surface area (Å²) in [6.07, 6.45) is 1.42. The third-order valence-corrected chi connectivity index (χ3v) is 1.79. The van der Waals surface area contributed by atoms with Crippen LogP contribution in [0, 0.1) is 0 Å². The Kier molecular flexibility index (Phi) is 3.99. The van der Waals surface area contributed by atoms with E-state index in [1.807, 2.05) is 0 Å². The Morgan fingerprint density at radius 2 is 1.94 bits per heavy atom. The number of nitrogens with two attached hydrogens (primary N) is 1. The topological polar surface area (TPSA) is 112 Å². The van der Waals surface area contributed by atoms with Crippen LogP contribution < -0.4 is 16.2 Å². The van der Waals surface area contributed by atoms with Crippen LogP contribution in [0.15, 0.2) is 36.4 Å². The molecule has 0 aliphatic carbocycles. The summed E-state index contributed by atoms with van der Waals surface area (Å²) in [6.45, 7) is 0. The molecule has 0 radical (unpaired) electrons. The summed E-state index contributed by atoms with van der Waals surface area (Å²) in [5, 5.41) is 12.4. The van der Waals surface area contributed by atoms with Crippen molar-refractivity contribution >= 4 is 23.5 Å². The molecule has 17 heavy (non-hydrogen) atoms. The number of carboxylic acids is 1. The Bertz CT molecular complexity index is 494. The highest BCUT2D eigenvalue weighted by atomic mass is 16.4. The third kappa shape index (κ3) is 4.17. The second kappa shape index (κ2) is 5.45. The summed E-state index contributed by atoms with van der Waals surface area (Å²) in [5.74, 6) is -2.73. The van der Waals surface area contributed by atoms with Gasteiger partial charge in [-0.15, -0.1) is 0 Å². The van der Waals surface area contributed by atoms with E-state index in [-0.39, 0.29) is 5.56 Å². The molecule has 1 aromatic carbocycles. The van der Waals surface area contributed by atoms with Gasteiger partial charge < -0.3 is 21.0 Å². The molecule has 0 saturated heterocycles. The summed E-state index contributed by atoms with van der Waals surface area (Å²) in [4.78, 5) is 32.1. The van der Waals surface area contributed by atoms with Gasteiger partial charge in [0.25, 0.3) is 0 Å². The van der Waals surface area contributed by atoms with Gasteiger partial charge >= 0.3 is 0 Å². The molecule has 0 fully saturated rings. The van der Waals surface area contributed by atoms with Crippen LogP contribution in [0.4, 0.5) is 5.69 Å². The Morgan fingerprint density at radius 1 is 1.24 bits per heavy atom. The quantitative estimate of drug-likeness (QED) is 0.651. The van der Waals surface area contributed by atoms with Crippen molar-refractivity contribution in [2.75, 3.05) is 5.32 Å². The lowest BCUT2D eigenvalue weighted by molar-refractivity contribution is -0.297. The van der Waals surface area contributed by atoms with Gasteiger partial charge in [-0.2, -0.15) is 0 Å². The number of carbonyl (C=O) groups is 3. The number of rotatable bonds is 4. The molecule has 2 amide bonds. The Hall–Kier alpha value is -2.63. The molecular weight excluding hydrogens is 224 g/mol. The van der Waals surface area contributed by atoms with Crippen molar-refractivity contribution in [3.63, 3.8) is 0 Å². The van der Waals surface area contributed by atoms with Crippen LogP contribution in [0.2, 0.25) is 0 Å². The fourth-order valence-electron chi connectivity index (χ4n) is 1.08. The Labute approximate surface area is 96.7 Å². The summed E-state index contributed by atoms with van der Waals surface area (Å²) >= 11 is 0. The van der Waals surface area contributed by atoms with E-state index in [1.54, 1.807) is 0 Å². The lowest BCUT2D eigenvalue weighted by Gasteiger charge is -2.03. The van der Waals surface area contributed by atoms with Crippen LogP contribution in [0.1, 0.15) is 10.4 Å². The van der Waals surface area contributed by atoms with Gasteiger partial charge in [0.05, 0.1) is 5.97 Å². The molecule has 88 valence electrons. The highest BCUT2D eigenvalue weighted by Gasteiger charge is 2.02. The monoisotopic (exact) mass is 233 g/mol. The number of hydrogen-bond acceptors (Lipinski definition) is 4. The molecule has 0 atom stereocenters. The first-order valence-electron chi connectivity index (χ1n) is 4.59. The lowest BCUT2D eigenvalue weighted by Crippen LogP contribution is -2.20. The molecule has 1 rings (SSSR count). The van der Waals surface area contributed by atoms with Gasteiger partial charge in [-0.3, -0.25) is 9.59 Å². The predicted molar refractivity (Wildman–Crippen MR) is 57.7 cm³/mol. The maximum absolute atomic E-state index is 11.2. The second-order valence-corrected chi connectivity index (χ2v) is 3.09. The Balaban J connectivity index is 2.75. The molecule has 3 N–H and O–H groups in total. The van der Waals surface area contributed by atoms with Crippen molar-refractivity contribution < 1.29 is 19.5 Å². The number of carboxylic acid groups (broad SMARTS) is 1. The van der Waals surface area contributed by atoms with Gasteiger partial charge in [-0.05, 0) is 24.3 Å². The Morgan fingerprint density at radius 3 is 2.53 bits per heavy atom. The minimum absolute atomic E-state index is 0.242. The first-order valence-corrected chi connectivity index (χ1v) is 4.59. The van der Waals surface area contributed by atoms with E-state index in [0.29, 0.717) is 11.8 Å². The van der Waals surface area contributed by atoms with E-state index in [9.17, 15) is 19.5 Å². The number of amides is 2. The van der Waals surface area contributed by atoms with Crippen molar-refractivity contribution in [2.45, 2.75) is 0 Å². The molecule has 0 heterocycles. The van der Waals surface area contributed by atoms with Crippen molar-refractivity contribution in [1.82, 2.24) is 0 Å². The van der Waals surface area contributed by atoms with Crippen LogP contribution in [-0.4, -0.2) is 17.8 Å². The maximum Gasteiger partial charge on any atom is 0.248 e. The van der Waals surface area contributed by atoms with Crippen LogP contribution >= 0.6 is 0 Å². The van der Waals surface area contributed by atoms with Gasteiger partial charge in [-0.25, -0.2) is 0 Å². The number of nitrogens with one attached hydrogen (secondary N) is 1. The zero-order chi connectivity index (χ0) is 12.8. The molecule has 6 nitrogen and oxygen atoms in total. The van der Waals surface area contributed by atoms with E-state index < -0.39 is 17.8 Å². The molecule has 0 bridgehead atoms. The molecule has 0 aromatic heterocycles. The van der Waals surface area contributed by atoms with Crippen LogP contribution in [0.25, 0.3) is 0 Å². The van der Waals surface area contributed by atoms with Crippen molar-refractivity contribution in [1.29, 1.82) is 0 Å². The van der Waals surface area contributed by atoms with Gasteiger partial charge in [0.2, 0.25) is 11.8 Å². The number of carbonyl (C=O) groups excluding carboxylic acids is 3. The summed E-state index contributed by atoms with van der Waals surface area (Å²) < 4.78 is 0. The third-order valence-electron chi connectivity index (χ3n) is 1.79. The van der Waals surface area contributed by atoms with E-state index in [1.165, 1.54) is 24.3 Å². The smallest absolute Gasteiger partial charge is 0.248 e. The average Bonchev–Trinajstić information content (AvgIpc) is 2.26. The fraction of sp³-hybridized carbons (Fsp3) is 0. The zero-order valence-electron chi connectivity index (χ0n) is 8.67. The highest BCUT2D eigenvalue weighted by molar-refractivity contribution is 6.03. The first kappa shape index (κ1) is 12.4. The van der Waals surface area contributed by atoms with E-state index in [2.05, 4.69) is 5.32 Å². The SMILES string of the molecule is NC(=O)c1cccc(NC(=O)/C=C/C(=O)[O-])c1. The van der Waals surface area contributed by atoms with E-state index in [0.717, 1.165) is 6.08 Å². The van der Waals surface area contributed by atoms with Crippen molar-refractivity contribution in [3.8, 4) is 0 Å². The van der Waals surface area contributed by atoms with Gasteiger partial charge in [0.15, 0.2) is 0 Å². The zero-order valence-corrected chi connectivity index (χ0v) is 8.67. The summed E-state index contributed by atoms with van der Waals surface area (Å²) in [7, 11) is 0. The largest absolute Gasteiger partial charge is 0.545 e. The van der Waals surface area contributed by atoms with Gasteiger partial charge in [0.1, 0.15) is 0 Å². The van der Waals surface area contributed by atoms with E-state index >= 15 is 0 Å². The molecule has 0 spiro atoms. The molecule has 0 aliphatic rings. The highest BCUT2D eigenvalue weighted by Crippen LogP contribution is 2.09. The van der Waals surface area contributed by atoms with Crippen LogP contribution in [0.5, 0.6) is 0 Å². The van der Waals surface area contributed by atoms with Crippen molar-refractivity contribution in [2.24, 2.45) is 5.73 Å². The number of aliphatic carboxylic acids is 1. The predicted octanol–water partition coefficient (Wildman–Crippen LogP) is -0.970. The second-order valence-electron chi connectivity index (χ2n) is 3.09. The number of hydrogen-bond donors (Lipinski definition) is 2. The molecule has 0 saturated carbocycles. The van der Waals surface area contributed by atoms with E-state index in [4.69, 9.17) is 5.73 Å². The molecular formula is C11H9N2O4-. The number of anilines is 1. The average molecular weight is 233 g/mol. The van der Waals surface area contributed by atoms with Crippen LogP contribution in [0.3, 0.4) is 0 Å². The number of benzene rings is 1. The lowest BCUT2D eigenvalue weighted by atomic mass is 10.2. The maximum atomic E-state index is 11.2. The fourth-order valence-corrected chi connectivity index (χ4v) is 1.08.